The number of ether oxygens (including phenoxy) is 3. The quantitative estimate of drug-likeness (QED) is 0.527. The Bertz CT molecular complexity index is 631. The highest BCUT2D eigenvalue weighted by Crippen LogP contribution is 2.05. The fourth-order valence-corrected chi connectivity index (χ4v) is 1.81. The number of nitrogens with one attached hydrogen (secondary N) is 1. The fraction of sp³-hybridized carbons (Fsp3) is 0.412. The van der Waals surface area contributed by atoms with Crippen molar-refractivity contribution in [2.75, 3.05) is 0 Å². The number of primary amides is 1. The third-order valence-electron chi connectivity index (χ3n) is 2.98. The lowest BCUT2D eigenvalue weighted by Crippen LogP contribution is -2.43. The Kier molecular flexibility index (Phi) is 8.62. The first-order valence-corrected chi connectivity index (χ1v) is 7.95. The van der Waals surface area contributed by atoms with Gasteiger partial charge in [-0.3, -0.25) is 4.79 Å². The molecule has 0 saturated carbocycles. The van der Waals surface area contributed by atoms with Crippen molar-refractivity contribution in [3.05, 3.63) is 35.9 Å². The Morgan fingerprint density at radius 1 is 1.12 bits per heavy atom. The summed E-state index contributed by atoms with van der Waals surface area (Å²) in [6, 6.07) is 7.61. The first-order valence-electron chi connectivity index (χ1n) is 7.95. The van der Waals surface area contributed by atoms with E-state index in [-0.39, 0.29) is 19.4 Å². The van der Waals surface area contributed by atoms with Gasteiger partial charge in [-0.25, -0.2) is 14.4 Å². The Labute approximate surface area is 150 Å². The number of esters is 1. The van der Waals surface area contributed by atoms with E-state index < -0.39 is 36.3 Å². The van der Waals surface area contributed by atoms with E-state index in [4.69, 9.17) is 10.5 Å². The van der Waals surface area contributed by atoms with Crippen molar-refractivity contribution in [1.82, 2.24) is 5.32 Å². The molecule has 0 unspecified atom stereocenters. The van der Waals surface area contributed by atoms with Crippen LogP contribution < -0.4 is 11.1 Å². The molecular weight excluding hydrogens is 344 g/mol. The summed E-state index contributed by atoms with van der Waals surface area (Å²) in [7, 11) is 0. The average molecular weight is 366 g/mol. The zero-order valence-electron chi connectivity index (χ0n) is 14.6. The number of carbonyl (C=O) groups is 4. The Balaban J connectivity index is 2.60. The van der Waals surface area contributed by atoms with Gasteiger partial charge in [0.2, 0.25) is 5.91 Å². The number of nitrogens with two attached hydrogens (primary N) is 1. The van der Waals surface area contributed by atoms with E-state index in [1.54, 1.807) is 38.1 Å². The lowest BCUT2D eigenvalue weighted by Gasteiger charge is -2.16. The van der Waals surface area contributed by atoms with E-state index >= 15 is 0 Å². The standard InChI is InChI=1S/C17H22N2O7/c1-11(2)25-17(23)26-15(21)13(8-9-14(18)20)19-16(22)24-10-12-6-4-3-5-7-12/h3-7,11,13H,8-10H2,1-2H3,(H2,18,20)(H,19,22)/t13-/m0/s1. The number of benzene rings is 1. The van der Waals surface area contributed by atoms with Crippen molar-refractivity contribution in [3.8, 4) is 0 Å². The first-order chi connectivity index (χ1) is 12.3. The number of rotatable bonds is 8. The van der Waals surface area contributed by atoms with Crippen LogP contribution in [0.3, 0.4) is 0 Å². The van der Waals surface area contributed by atoms with E-state index in [0.29, 0.717) is 0 Å². The van der Waals surface area contributed by atoms with Gasteiger partial charge in [-0.2, -0.15) is 0 Å². The maximum Gasteiger partial charge on any atom is 0.516 e. The summed E-state index contributed by atoms with van der Waals surface area (Å²) in [5.74, 6) is -1.75. The monoisotopic (exact) mass is 366 g/mol. The van der Waals surface area contributed by atoms with E-state index in [1.165, 1.54) is 0 Å². The molecule has 26 heavy (non-hydrogen) atoms. The molecule has 142 valence electrons. The molecule has 0 bridgehead atoms. The fourth-order valence-electron chi connectivity index (χ4n) is 1.81. The second-order valence-electron chi connectivity index (χ2n) is 5.60. The van der Waals surface area contributed by atoms with Gasteiger partial charge in [-0.1, -0.05) is 30.3 Å². The van der Waals surface area contributed by atoms with Crippen LogP contribution in [0.5, 0.6) is 0 Å². The van der Waals surface area contributed by atoms with Gasteiger partial charge in [-0.15, -0.1) is 0 Å². The highest BCUT2D eigenvalue weighted by Gasteiger charge is 2.26. The van der Waals surface area contributed by atoms with Gasteiger partial charge >= 0.3 is 18.2 Å². The number of hydrogen-bond donors (Lipinski definition) is 2. The Morgan fingerprint density at radius 2 is 1.77 bits per heavy atom. The number of amides is 2. The molecule has 0 spiro atoms. The summed E-state index contributed by atoms with van der Waals surface area (Å²) in [5, 5.41) is 2.25. The van der Waals surface area contributed by atoms with Crippen molar-refractivity contribution in [1.29, 1.82) is 0 Å². The molecule has 9 nitrogen and oxygen atoms in total. The molecule has 0 aliphatic rings. The molecule has 1 atom stereocenters. The molecule has 1 rings (SSSR count). The first kappa shape index (κ1) is 20.9. The van der Waals surface area contributed by atoms with Gasteiger partial charge in [0, 0.05) is 6.42 Å². The molecule has 2 amide bonds. The van der Waals surface area contributed by atoms with Crippen molar-refractivity contribution >= 4 is 24.1 Å². The molecule has 0 heterocycles. The summed E-state index contributed by atoms with van der Waals surface area (Å²) in [4.78, 5) is 46.2. The third kappa shape index (κ3) is 8.67. The highest BCUT2D eigenvalue weighted by molar-refractivity contribution is 5.88. The maximum atomic E-state index is 12.0. The van der Waals surface area contributed by atoms with E-state index in [9.17, 15) is 19.2 Å². The average Bonchev–Trinajstić information content (AvgIpc) is 2.56. The van der Waals surface area contributed by atoms with Crippen molar-refractivity contribution in [3.63, 3.8) is 0 Å². The summed E-state index contributed by atoms with van der Waals surface area (Å²) < 4.78 is 14.2. The number of alkyl carbamates (subject to hydrolysis) is 1. The molecule has 0 fully saturated rings. The smallest absolute Gasteiger partial charge is 0.445 e. The molecule has 9 heteroatoms. The molecule has 1 aromatic rings. The van der Waals surface area contributed by atoms with E-state index in [1.807, 2.05) is 6.07 Å². The minimum Gasteiger partial charge on any atom is -0.445 e. The molecule has 0 aliphatic heterocycles. The van der Waals surface area contributed by atoms with Crippen molar-refractivity contribution in [2.45, 2.75) is 45.4 Å². The van der Waals surface area contributed by atoms with Crippen LogP contribution in [0.2, 0.25) is 0 Å². The van der Waals surface area contributed by atoms with Crippen molar-refractivity contribution in [2.24, 2.45) is 5.73 Å². The molecule has 3 N–H and O–H groups in total. The topological polar surface area (TPSA) is 134 Å². The summed E-state index contributed by atoms with van der Waals surface area (Å²) in [5.41, 5.74) is 5.80. The lowest BCUT2D eigenvalue weighted by atomic mass is 10.1. The van der Waals surface area contributed by atoms with Crippen LogP contribution in [0.25, 0.3) is 0 Å². The SMILES string of the molecule is CC(C)OC(=O)OC(=O)[C@H](CCC(N)=O)NC(=O)OCc1ccccc1. The normalized spacial score (nSPS) is 11.3. The molecule has 0 saturated heterocycles. The van der Waals surface area contributed by atoms with Crippen LogP contribution in [-0.4, -0.2) is 36.3 Å². The predicted molar refractivity (Wildman–Crippen MR) is 89.7 cm³/mol. The predicted octanol–water partition coefficient (Wildman–Crippen LogP) is 1.64. The van der Waals surface area contributed by atoms with Crippen LogP contribution in [0.1, 0.15) is 32.3 Å². The van der Waals surface area contributed by atoms with Crippen LogP contribution in [0.4, 0.5) is 9.59 Å². The maximum absolute atomic E-state index is 12.0. The Morgan fingerprint density at radius 3 is 2.35 bits per heavy atom. The van der Waals surface area contributed by atoms with Gasteiger partial charge in [-0.05, 0) is 25.8 Å². The van der Waals surface area contributed by atoms with Crippen LogP contribution in [0.15, 0.2) is 30.3 Å². The molecule has 0 aromatic heterocycles. The summed E-state index contributed by atoms with van der Waals surface area (Å²) in [6.45, 7) is 3.14. The van der Waals surface area contributed by atoms with Crippen molar-refractivity contribution < 1.29 is 33.4 Å². The van der Waals surface area contributed by atoms with Crippen LogP contribution in [0, 0.1) is 0 Å². The molecular formula is C17H22N2O7. The third-order valence-corrected chi connectivity index (χ3v) is 2.98. The number of carbonyl (C=O) groups excluding carboxylic acids is 4. The van der Waals surface area contributed by atoms with Gasteiger partial charge in [0.1, 0.15) is 12.6 Å². The van der Waals surface area contributed by atoms with Gasteiger partial charge in [0.05, 0.1) is 6.10 Å². The summed E-state index contributed by atoms with van der Waals surface area (Å²) in [6.07, 6.45) is -2.93. The summed E-state index contributed by atoms with van der Waals surface area (Å²) >= 11 is 0. The zero-order valence-corrected chi connectivity index (χ0v) is 14.6. The number of hydrogen-bond acceptors (Lipinski definition) is 7. The lowest BCUT2D eigenvalue weighted by molar-refractivity contribution is -0.142. The van der Waals surface area contributed by atoms with Gasteiger partial charge in [0.15, 0.2) is 0 Å². The Hall–Kier alpha value is -3.10. The van der Waals surface area contributed by atoms with Gasteiger partial charge < -0.3 is 25.3 Å². The highest BCUT2D eigenvalue weighted by atomic mass is 16.7. The minimum absolute atomic E-state index is 0.0142. The van der Waals surface area contributed by atoms with Gasteiger partial charge in [0.25, 0.3) is 0 Å². The molecule has 1 aromatic carbocycles. The molecule has 0 aliphatic carbocycles. The minimum atomic E-state index is -1.29. The second-order valence-corrected chi connectivity index (χ2v) is 5.60. The van der Waals surface area contributed by atoms with E-state index in [0.717, 1.165) is 5.56 Å². The van der Waals surface area contributed by atoms with Crippen LogP contribution in [-0.2, 0) is 30.4 Å². The zero-order chi connectivity index (χ0) is 19.5. The molecule has 0 radical (unpaired) electrons. The van der Waals surface area contributed by atoms with E-state index in [2.05, 4.69) is 14.8 Å². The largest absolute Gasteiger partial charge is 0.516 e. The second kappa shape index (κ2) is 10.7. The van der Waals surface area contributed by atoms with Crippen LogP contribution >= 0.6 is 0 Å².